The lowest BCUT2D eigenvalue weighted by molar-refractivity contribution is -0.141. The van der Waals surface area contributed by atoms with Gasteiger partial charge in [0.25, 0.3) is 0 Å². The highest BCUT2D eigenvalue weighted by atomic mass is 16.4. The van der Waals surface area contributed by atoms with Crippen LogP contribution in [0.1, 0.15) is 34.2 Å². The first kappa shape index (κ1) is 24.0. The van der Waals surface area contributed by atoms with E-state index in [4.69, 9.17) is 0 Å². The van der Waals surface area contributed by atoms with Crippen molar-refractivity contribution >= 4 is 11.9 Å². The van der Waals surface area contributed by atoms with Crippen LogP contribution in [0.4, 0.5) is 0 Å². The molecule has 4 aromatic carbocycles. The van der Waals surface area contributed by atoms with Gasteiger partial charge in [0.05, 0.1) is 5.41 Å². The van der Waals surface area contributed by atoms with E-state index in [1.807, 2.05) is 122 Å². The molecule has 0 radical (unpaired) electrons. The van der Waals surface area contributed by atoms with Crippen LogP contribution in [0.2, 0.25) is 0 Å². The largest absolute Gasteiger partial charge is 0.480 e. The molecule has 4 aromatic rings. The van der Waals surface area contributed by atoms with Crippen LogP contribution in [-0.4, -0.2) is 23.0 Å². The van der Waals surface area contributed by atoms with E-state index in [1.165, 1.54) is 0 Å². The highest BCUT2D eigenvalue weighted by molar-refractivity contribution is 5.85. The Kier molecular flexibility index (Phi) is 7.41. The molecule has 0 aliphatic heterocycles. The third-order valence-corrected chi connectivity index (χ3v) is 6.42. The average molecular weight is 464 g/mol. The zero-order chi connectivity index (χ0) is 24.7. The minimum Gasteiger partial charge on any atom is -0.480 e. The quantitative estimate of drug-likeness (QED) is 0.321. The molecule has 0 spiro atoms. The van der Waals surface area contributed by atoms with Crippen LogP contribution in [0.3, 0.4) is 0 Å². The second kappa shape index (κ2) is 10.8. The molecule has 176 valence electrons. The van der Waals surface area contributed by atoms with E-state index in [9.17, 15) is 14.7 Å². The fraction of sp³-hybridized carbons (Fsp3) is 0.161. The first-order valence-electron chi connectivity index (χ1n) is 11.7. The molecule has 4 heteroatoms. The van der Waals surface area contributed by atoms with E-state index in [2.05, 4.69) is 5.32 Å². The number of benzene rings is 4. The van der Waals surface area contributed by atoms with Crippen molar-refractivity contribution < 1.29 is 14.7 Å². The molecule has 0 aliphatic rings. The molecule has 35 heavy (non-hydrogen) atoms. The van der Waals surface area contributed by atoms with Crippen molar-refractivity contribution in [3.8, 4) is 0 Å². The van der Waals surface area contributed by atoms with Crippen LogP contribution in [0.5, 0.6) is 0 Å². The SMILES string of the molecule is Cc1ccc(C[C@H](NC(=O)CC(c2ccccc2)(c2ccccc2)c2ccccc2)C(=O)O)cc1. The third-order valence-electron chi connectivity index (χ3n) is 6.42. The molecule has 1 atom stereocenters. The molecule has 0 unspecified atom stereocenters. The first-order chi connectivity index (χ1) is 17.0. The van der Waals surface area contributed by atoms with Gasteiger partial charge in [-0.1, -0.05) is 121 Å². The zero-order valence-corrected chi connectivity index (χ0v) is 19.7. The molecule has 0 saturated heterocycles. The molecule has 0 aromatic heterocycles. The second-order valence-electron chi connectivity index (χ2n) is 8.83. The Morgan fingerprint density at radius 1 is 0.714 bits per heavy atom. The summed E-state index contributed by atoms with van der Waals surface area (Å²) in [6.07, 6.45) is 0.291. The third kappa shape index (κ3) is 5.49. The van der Waals surface area contributed by atoms with Gasteiger partial charge in [0.15, 0.2) is 0 Å². The van der Waals surface area contributed by atoms with Crippen LogP contribution in [0.25, 0.3) is 0 Å². The van der Waals surface area contributed by atoms with Crippen LogP contribution in [0, 0.1) is 6.92 Å². The minimum atomic E-state index is -1.05. The van der Waals surface area contributed by atoms with E-state index in [0.717, 1.165) is 27.8 Å². The minimum absolute atomic E-state index is 0.0721. The number of carboxylic acid groups (broad SMARTS) is 1. The van der Waals surface area contributed by atoms with Gasteiger partial charge in [-0.25, -0.2) is 4.79 Å². The number of carboxylic acids is 1. The smallest absolute Gasteiger partial charge is 0.326 e. The number of nitrogens with one attached hydrogen (secondary N) is 1. The van der Waals surface area contributed by atoms with Gasteiger partial charge in [0.2, 0.25) is 5.91 Å². The Balaban J connectivity index is 1.72. The van der Waals surface area contributed by atoms with Crippen molar-refractivity contribution in [2.45, 2.75) is 31.2 Å². The summed E-state index contributed by atoms with van der Waals surface area (Å²) in [7, 11) is 0. The van der Waals surface area contributed by atoms with E-state index >= 15 is 0 Å². The number of aryl methyl sites for hydroxylation is 1. The van der Waals surface area contributed by atoms with Crippen molar-refractivity contribution in [2.24, 2.45) is 0 Å². The number of carbonyl (C=O) groups excluding carboxylic acids is 1. The summed E-state index contributed by atoms with van der Waals surface area (Å²) in [5.74, 6) is -1.37. The monoisotopic (exact) mass is 463 g/mol. The highest BCUT2D eigenvalue weighted by Gasteiger charge is 2.39. The standard InChI is InChI=1S/C31H29NO3/c1-23-17-19-24(20-18-23)21-28(30(34)35)32-29(33)22-31(25-11-5-2-6-12-25,26-13-7-3-8-14-26)27-15-9-4-10-16-27/h2-20,28H,21-22H2,1H3,(H,32,33)(H,34,35)/t28-/m0/s1. The Bertz CT molecular complexity index is 1160. The predicted octanol–water partition coefficient (Wildman–Crippen LogP) is 5.53. The molecule has 1 amide bonds. The van der Waals surface area contributed by atoms with E-state index in [-0.39, 0.29) is 18.7 Å². The number of amides is 1. The van der Waals surface area contributed by atoms with Crippen molar-refractivity contribution in [1.82, 2.24) is 5.32 Å². The molecule has 0 heterocycles. The van der Waals surface area contributed by atoms with Crippen LogP contribution in [-0.2, 0) is 21.4 Å². The van der Waals surface area contributed by atoms with Gasteiger partial charge in [-0.2, -0.15) is 0 Å². The van der Waals surface area contributed by atoms with E-state index in [1.54, 1.807) is 0 Å². The summed E-state index contributed by atoms with van der Waals surface area (Å²) in [4.78, 5) is 25.6. The molecule has 2 N–H and O–H groups in total. The van der Waals surface area contributed by atoms with Gasteiger partial charge < -0.3 is 10.4 Å². The molecule has 0 fully saturated rings. The fourth-order valence-electron chi connectivity index (χ4n) is 4.62. The summed E-state index contributed by atoms with van der Waals surface area (Å²) in [6, 6.07) is 36.4. The van der Waals surface area contributed by atoms with Gasteiger partial charge in [0, 0.05) is 12.8 Å². The van der Waals surface area contributed by atoms with Crippen molar-refractivity contribution in [3.63, 3.8) is 0 Å². The van der Waals surface area contributed by atoms with Crippen LogP contribution in [0.15, 0.2) is 115 Å². The summed E-state index contributed by atoms with van der Waals surface area (Å²) < 4.78 is 0. The maximum absolute atomic E-state index is 13.6. The first-order valence-corrected chi connectivity index (χ1v) is 11.7. The lowest BCUT2D eigenvalue weighted by atomic mass is 9.67. The Labute approximate surface area is 206 Å². The molecule has 0 aliphatic carbocycles. The zero-order valence-electron chi connectivity index (χ0n) is 19.7. The number of hydrogen-bond acceptors (Lipinski definition) is 2. The molecular weight excluding hydrogens is 434 g/mol. The predicted molar refractivity (Wildman–Crippen MR) is 138 cm³/mol. The summed E-state index contributed by atoms with van der Waals surface area (Å²) in [5.41, 5.74) is 4.10. The lowest BCUT2D eigenvalue weighted by Crippen LogP contribution is -2.45. The summed E-state index contributed by atoms with van der Waals surface area (Å²) in [5, 5.41) is 12.7. The van der Waals surface area contributed by atoms with E-state index < -0.39 is 17.4 Å². The maximum Gasteiger partial charge on any atom is 0.326 e. The number of hydrogen-bond donors (Lipinski definition) is 2. The Morgan fingerprint density at radius 3 is 1.54 bits per heavy atom. The second-order valence-corrected chi connectivity index (χ2v) is 8.83. The maximum atomic E-state index is 13.6. The van der Waals surface area contributed by atoms with Crippen LogP contribution < -0.4 is 5.32 Å². The molecular formula is C31H29NO3. The van der Waals surface area contributed by atoms with Crippen LogP contribution >= 0.6 is 0 Å². The van der Waals surface area contributed by atoms with E-state index in [0.29, 0.717) is 0 Å². The molecule has 4 rings (SSSR count). The van der Waals surface area contributed by atoms with Crippen molar-refractivity contribution in [2.75, 3.05) is 0 Å². The Hall–Kier alpha value is -4.18. The highest BCUT2D eigenvalue weighted by Crippen LogP contribution is 2.42. The van der Waals surface area contributed by atoms with Gasteiger partial charge in [-0.15, -0.1) is 0 Å². The fourth-order valence-corrected chi connectivity index (χ4v) is 4.62. The summed E-state index contributed by atoms with van der Waals surface area (Å²) in [6.45, 7) is 1.98. The topological polar surface area (TPSA) is 66.4 Å². The average Bonchev–Trinajstić information content (AvgIpc) is 2.89. The van der Waals surface area contributed by atoms with Gasteiger partial charge >= 0.3 is 5.97 Å². The number of rotatable bonds is 9. The summed E-state index contributed by atoms with van der Waals surface area (Å²) >= 11 is 0. The molecule has 0 bridgehead atoms. The number of aliphatic carboxylic acids is 1. The molecule has 0 saturated carbocycles. The number of carbonyl (C=O) groups is 2. The molecule has 4 nitrogen and oxygen atoms in total. The normalized spacial score (nSPS) is 12.0. The van der Waals surface area contributed by atoms with Gasteiger partial charge in [-0.05, 0) is 29.2 Å². The van der Waals surface area contributed by atoms with Gasteiger partial charge in [-0.3, -0.25) is 4.79 Å². The Morgan fingerprint density at radius 2 is 1.14 bits per heavy atom. The van der Waals surface area contributed by atoms with Crippen molar-refractivity contribution in [3.05, 3.63) is 143 Å². The van der Waals surface area contributed by atoms with Crippen molar-refractivity contribution in [1.29, 1.82) is 0 Å². The van der Waals surface area contributed by atoms with Gasteiger partial charge in [0.1, 0.15) is 6.04 Å². The lowest BCUT2D eigenvalue weighted by Gasteiger charge is -2.36.